The highest BCUT2D eigenvalue weighted by atomic mass is 32.2. The quantitative estimate of drug-likeness (QED) is 0.815. The molecular weight excluding hydrogens is 320 g/mol. The van der Waals surface area contributed by atoms with Gasteiger partial charge in [-0.3, -0.25) is 4.90 Å². The average Bonchev–Trinajstić information content (AvgIpc) is 3.03. The van der Waals surface area contributed by atoms with Crippen LogP contribution in [0.3, 0.4) is 0 Å². The Balaban J connectivity index is 1.52. The highest BCUT2D eigenvalue weighted by Crippen LogP contribution is 2.24. The summed E-state index contributed by atoms with van der Waals surface area (Å²) >= 11 is 1.79. The van der Waals surface area contributed by atoms with Gasteiger partial charge in [0.05, 0.1) is 17.8 Å². The van der Waals surface area contributed by atoms with Crippen LogP contribution < -0.4 is 0 Å². The number of likely N-dealkylation sites (tertiary alicyclic amines) is 1. The molecule has 5 nitrogen and oxygen atoms in total. The molecule has 0 amide bonds. The van der Waals surface area contributed by atoms with Crippen LogP contribution in [0.5, 0.6) is 0 Å². The molecule has 1 aliphatic heterocycles. The molecule has 2 aromatic rings. The third kappa shape index (κ3) is 4.59. The van der Waals surface area contributed by atoms with Crippen LogP contribution in [0, 0.1) is 0 Å². The molecule has 1 N–H and O–H groups in total. The Bertz CT molecular complexity index is 650. The second-order valence-electron chi connectivity index (χ2n) is 6.60. The van der Waals surface area contributed by atoms with Crippen molar-refractivity contribution in [1.29, 1.82) is 0 Å². The smallest absolute Gasteiger partial charge is 0.0852 e. The summed E-state index contributed by atoms with van der Waals surface area (Å²) in [6.07, 6.45) is 6.52. The molecule has 130 valence electrons. The Morgan fingerprint density at radius 1 is 1.33 bits per heavy atom. The molecule has 0 saturated carbocycles. The molecule has 1 unspecified atom stereocenters. The van der Waals surface area contributed by atoms with Crippen molar-refractivity contribution in [3.63, 3.8) is 0 Å². The van der Waals surface area contributed by atoms with E-state index >= 15 is 0 Å². The molecule has 6 heteroatoms. The molecule has 1 aromatic carbocycles. The van der Waals surface area contributed by atoms with Crippen LogP contribution in [0.1, 0.15) is 37.1 Å². The lowest BCUT2D eigenvalue weighted by atomic mass is 10.0. The lowest BCUT2D eigenvalue weighted by Crippen LogP contribution is -2.34. The minimum absolute atomic E-state index is 0.367. The van der Waals surface area contributed by atoms with Gasteiger partial charge in [0.15, 0.2) is 0 Å². The minimum atomic E-state index is -0.367. The maximum absolute atomic E-state index is 9.45. The number of aliphatic hydroxyl groups excluding tert-OH is 1. The monoisotopic (exact) mass is 346 g/mol. The summed E-state index contributed by atoms with van der Waals surface area (Å²) < 4.78 is 1.99. The van der Waals surface area contributed by atoms with Gasteiger partial charge in [-0.25, -0.2) is 4.68 Å². The van der Waals surface area contributed by atoms with E-state index in [2.05, 4.69) is 45.7 Å². The third-order valence-corrected chi connectivity index (χ3v) is 5.26. The number of aliphatic hydroxyl groups is 1. The number of hydrogen-bond donors (Lipinski definition) is 1. The van der Waals surface area contributed by atoms with Crippen LogP contribution in [-0.2, 0) is 13.0 Å². The lowest BCUT2D eigenvalue weighted by Gasteiger charge is -2.31. The van der Waals surface area contributed by atoms with Gasteiger partial charge >= 0.3 is 0 Å². The maximum atomic E-state index is 9.45. The van der Waals surface area contributed by atoms with E-state index in [1.54, 1.807) is 18.7 Å². The Morgan fingerprint density at radius 3 is 2.83 bits per heavy atom. The lowest BCUT2D eigenvalue weighted by molar-refractivity contribution is 0.172. The fourth-order valence-corrected chi connectivity index (χ4v) is 3.74. The standard InChI is InChI=1S/C18H26N4OS/c1-14(23)10-16-13-22(20-19-16)17-6-8-21(9-7-17)12-15-4-3-5-18(11-15)24-2/h3-5,11,13-14,17,23H,6-10,12H2,1-2H3. The van der Waals surface area contributed by atoms with Crippen LogP contribution in [0.4, 0.5) is 0 Å². The van der Waals surface area contributed by atoms with Crippen molar-refractivity contribution >= 4 is 11.8 Å². The van der Waals surface area contributed by atoms with Gasteiger partial charge < -0.3 is 5.11 Å². The van der Waals surface area contributed by atoms with Gasteiger partial charge in [-0.15, -0.1) is 16.9 Å². The van der Waals surface area contributed by atoms with Crippen LogP contribution in [0.2, 0.25) is 0 Å². The summed E-state index contributed by atoms with van der Waals surface area (Å²) in [5.74, 6) is 0. The molecule has 2 heterocycles. The van der Waals surface area contributed by atoms with E-state index in [1.165, 1.54) is 10.5 Å². The molecule has 0 aliphatic carbocycles. The van der Waals surface area contributed by atoms with Gasteiger partial charge in [0.1, 0.15) is 0 Å². The number of hydrogen-bond acceptors (Lipinski definition) is 5. The fourth-order valence-electron chi connectivity index (χ4n) is 3.26. The first-order chi connectivity index (χ1) is 11.6. The van der Waals surface area contributed by atoms with Crippen molar-refractivity contribution in [2.75, 3.05) is 19.3 Å². The van der Waals surface area contributed by atoms with Crippen LogP contribution >= 0.6 is 11.8 Å². The van der Waals surface area contributed by atoms with Gasteiger partial charge in [-0.2, -0.15) is 0 Å². The third-order valence-electron chi connectivity index (χ3n) is 4.53. The van der Waals surface area contributed by atoms with E-state index in [0.717, 1.165) is 38.2 Å². The summed E-state index contributed by atoms with van der Waals surface area (Å²) in [4.78, 5) is 3.85. The predicted octanol–water partition coefficient (Wildman–Crippen LogP) is 2.76. The molecule has 3 rings (SSSR count). The number of benzene rings is 1. The van der Waals surface area contributed by atoms with Crippen molar-refractivity contribution in [3.05, 3.63) is 41.7 Å². The minimum Gasteiger partial charge on any atom is -0.393 e. The fraction of sp³-hybridized carbons (Fsp3) is 0.556. The van der Waals surface area contributed by atoms with E-state index in [0.29, 0.717) is 12.5 Å². The first-order valence-corrected chi connectivity index (χ1v) is 9.80. The van der Waals surface area contributed by atoms with Crippen molar-refractivity contribution in [2.45, 2.75) is 49.8 Å². The number of piperidine rings is 1. The van der Waals surface area contributed by atoms with E-state index in [4.69, 9.17) is 0 Å². The van der Waals surface area contributed by atoms with Crippen molar-refractivity contribution in [1.82, 2.24) is 19.9 Å². The molecular formula is C18H26N4OS. The summed E-state index contributed by atoms with van der Waals surface area (Å²) in [6.45, 7) is 4.97. The Kier molecular flexibility index (Phi) is 5.92. The Morgan fingerprint density at radius 2 is 2.12 bits per heavy atom. The van der Waals surface area contributed by atoms with Gasteiger partial charge in [-0.1, -0.05) is 17.3 Å². The number of thioether (sulfide) groups is 1. The van der Waals surface area contributed by atoms with Gasteiger partial charge in [0.25, 0.3) is 0 Å². The van der Waals surface area contributed by atoms with Crippen molar-refractivity contribution in [3.8, 4) is 0 Å². The summed E-state index contributed by atoms with van der Waals surface area (Å²) in [7, 11) is 0. The summed E-state index contributed by atoms with van der Waals surface area (Å²) in [5, 5.41) is 17.9. The topological polar surface area (TPSA) is 54.2 Å². The maximum Gasteiger partial charge on any atom is 0.0852 e. The molecule has 1 saturated heterocycles. The second kappa shape index (κ2) is 8.14. The molecule has 1 aromatic heterocycles. The molecule has 1 aliphatic rings. The zero-order valence-corrected chi connectivity index (χ0v) is 15.2. The largest absolute Gasteiger partial charge is 0.393 e. The van der Waals surface area contributed by atoms with Gasteiger partial charge in [-0.05, 0) is 43.7 Å². The number of nitrogens with zero attached hydrogens (tertiary/aromatic N) is 4. The molecule has 24 heavy (non-hydrogen) atoms. The second-order valence-corrected chi connectivity index (χ2v) is 7.48. The van der Waals surface area contributed by atoms with Crippen LogP contribution in [0.15, 0.2) is 35.4 Å². The van der Waals surface area contributed by atoms with Gasteiger partial charge in [0, 0.05) is 37.1 Å². The molecule has 0 bridgehead atoms. The average molecular weight is 347 g/mol. The normalized spacial score (nSPS) is 18.0. The first kappa shape index (κ1) is 17.5. The Labute approximate surface area is 148 Å². The molecule has 1 atom stereocenters. The van der Waals surface area contributed by atoms with E-state index in [1.807, 2.05) is 10.9 Å². The van der Waals surface area contributed by atoms with E-state index in [-0.39, 0.29) is 6.10 Å². The van der Waals surface area contributed by atoms with Crippen LogP contribution in [-0.4, -0.2) is 50.4 Å². The Hall–Kier alpha value is -1.37. The van der Waals surface area contributed by atoms with E-state index in [9.17, 15) is 5.11 Å². The van der Waals surface area contributed by atoms with Crippen molar-refractivity contribution < 1.29 is 5.11 Å². The zero-order chi connectivity index (χ0) is 16.9. The molecule has 0 spiro atoms. The van der Waals surface area contributed by atoms with Crippen molar-refractivity contribution in [2.24, 2.45) is 0 Å². The number of rotatable bonds is 6. The highest BCUT2D eigenvalue weighted by molar-refractivity contribution is 7.98. The predicted molar refractivity (Wildman–Crippen MR) is 97.2 cm³/mol. The summed E-state index contributed by atoms with van der Waals surface area (Å²) in [6, 6.07) is 9.24. The highest BCUT2D eigenvalue weighted by Gasteiger charge is 2.22. The molecule has 0 radical (unpaired) electrons. The SMILES string of the molecule is CSc1cccc(CN2CCC(n3cc(CC(C)O)nn3)CC2)c1. The zero-order valence-electron chi connectivity index (χ0n) is 14.4. The van der Waals surface area contributed by atoms with Gasteiger partial charge in [0.2, 0.25) is 0 Å². The number of aromatic nitrogens is 3. The van der Waals surface area contributed by atoms with Crippen LogP contribution in [0.25, 0.3) is 0 Å². The van der Waals surface area contributed by atoms with E-state index < -0.39 is 0 Å². The first-order valence-electron chi connectivity index (χ1n) is 8.58. The molecule has 1 fully saturated rings. The summed E-state index contributed by atoms with van der Waals surface area (Å²) in [5.41, 5.74) is 2.27.